The molecule has 1 amide bonds. The smallest absolute Gasteiger partial charge is 0.224 e. The third kappa shape index (κ3) is 5.10. The largest absolute Gasteiger partial charge is 0.489 e. The van der Waals surface area contributed by atoms with Gasteiger partial charge in [0.15, 0.2) is 0 Å². The highest BCUT2D eigenvalue weighted by molar-refractivity contribution is 5.78. The van der Waals surface area contributed by atoms with E-state index >= 15 is 0 Å². The van der Waals surface area contributed by atoms with E-state index in [4.69, 9.17) is 15.0 Å². The first kappa shape index (κ1) is 19.4. The molecule has 27 heavy (non-hydrogen) atoms. The lowest BCUT2D eigenvalue weighted by molar-refractivity contribution is -0.121. The molecule has 0 radical (unpaired) electrons. The third-order valence-electron chi connectivity index (χ3n) is 5.41. The van der Waals surface area contributed by atoms with Gasteiger partial charge in [0.05, 0.1) is 17.7 Å². The van der Waals surface area contributed by atoms with E-state index < -0.39 is 0 Å². The molecule has 0 bridgehead atoms. The first-order valence-electron chi connectivity index (χ1n) is 9.69. The Morgan fingerprint density at radius 1 is 1.26 bits per heavy atom. The van der Waals surface area contributed by atoms with Crippen molar-refractivity contribution in [2.75, 3.05) is 6.54 Å². The van der Waals surface area contributed by atoms with Crippen molar-refractivity contribution in [2.24, 2.45) is 11.7 Å². The van der Waals surface area contributed by atoms with Crippen molar-refractivity contribution >= 4 is 5.91 Å². The maximum absolute atomic E-state index is 12.4. The van der Waals surface area contributed by atoms with Crippen molar-refractivity contribution in [2.45, 2.75) is 58.6 Å². The number of nitrogens with one attached hydrogen (secondary N) is 1. The van der Waals surface area contributed by atoms with Gasteiger partial charge in [0, 0.05) is 6.04 Å². The fourth-order valence-electron chi connectivity index (χ4n) is 3.69. The van der Waals surface area contributed by atoms with Crippen LogP contribution in [0.4, 0.5) is 0 Å². The molecular formula is C21H29N3O3. The molecule has 1 aliphatic carbocycles. The number of carbonyl (C=O) groups is 1. The van der Waals surface area contributed by atoms with Crippen molar-refractivity contribution in [1.29, 1.82) is 0 Å². The fraction of sp³-hybridized carbons (Fsp3) is 0.524. The number of ether oxygens (including phenoxy) is 1. The van der Waals surface area contributed by atoms with Crippen molar-refractivity contribution in [3.8, 4) is 5.75 Å². The van der Waals surface area contributed by atoms with Gasteiger partial charge in [-0.25, -0.2) is 0 Å². The van der Waals surface area contributed by atoms with Crippen molar-refractivity contribution in [3.63, 3.8) is 0 Å². The SMILES string of the molecule is Cc1noc(C)c1COc1ccc(CC(=O)NC2CCCCC2CN)cc1. The number of carbonyl (C=O) groups excluding carboxylic acids is 1. The minimum absolute atomic E-state index is 0.0599. The molecule has 0 spiro atoms. The standard InChI is InChI=1S/C21H29N3O3/c1-14-19(15(2)27-24-14)13-26-18-9-7-16(8-10-18)11-21(25)23-20-6-4-3-5-17(20)12-22/h7-10,17,20H,3-6,11-13,22H2,1-2H3,(H,23,25). The molecule has 1 aliphatic rings. The van der Waals surface area contributed by atoms with E-state index in [1.165, 1.54) is 12.8 Å². The second-order valence-corrected chi connectivity index (χ2v) is 7.37. The number of nitrogens with zero attached hydrogens (tertiary/aromatic N) is 1. The number of amides is 1. The minimum Gasteiger partial charge on any atom is -0.489 e. The average Bonchev–Trinajstić information content (AvgIpc) is 2.99. The van der Waals surface area contributed by atoms with Crippen LogP contribution < -0.4 is 15.8 Å². The average molecular weight is 371 g/mol. The Kier molecular flexibility index (Phi) is 6.50. The molecular weight excluding hydrogens is 342 g/mol. The van der Waals surface area contributed by atoms with Crippen molar-refractivity contribution in [1.82, 2.24) is 10.5 Å². The summed E-state index contributed by atoms with van der Waals surface area (Å²) in [5.41, 5.74) is 8.63. The first-order valence-corrected chi connectivity index (χ1v) is 9.69. The predicted molar refractivity (Wildman–Crippen MR) is 103 cm³/mol. The zero-order chi connectivity index (χ0) is 19.2. The van der Waals surface area contributed by atoms with Gasteiger partial charge in [-0.3, -0.25) is 4.79 Å². The van der Waals surface area contributed by atoms with Crippen LogP contribution in [0.2, 0.25) is 0 Å². The summed E-state index contributed by atoms with van der Waals surface area (Å²) in [5, 5.41) is 7.10. The predicted octanol–water partition coefficient (Wildman–Crippen LogP) is 3.05. The summed E-state index contributed by atoms with van der Waals surface area (Å²) in [6.45, 7) is 4.84. The number of benzene rings is 1. The van der Waals surface area contributed by atoms with Gasteiger partial charge in [0.25, 0.3) is 0 Å². The topological polar surface area (TPSA) is 90.4 Å². The second-order valence-electron chi connectivity index (χ2n) is 7.37. The van der Waals surface area contributed by atoms with Gasteiger partial charge in [0.2, 0.25) is 5.91 Å². The molecule has 3 rings (SSSR count). The molecule has 6 nitrogen and oxygen atoms in total. The number of hydrogen-bond acceptors (Lipinski definition) is 5. The van der Waals surface area contributed by atoms with Crippen LogP contribution in [0.15, 0.2) is 28.8 Å². The summed E-state index contributed by atoms with van der Waals surface area (Å²) in [6.07, 6.45) is 4.89. The number of aryl methyl sites for hydroxylation is 2. The van der Waals surface area contributed by atoms with Crippen molar-refractivity contribution < 1.29 is 14.1 Å². The van der Waals surface area contributed by atoms with Crippen LogP contribution in [0.25, 0.3) is 0 Å². The van der Waals surface area contributed by atoms with Crippen LogP contribution in [0.3, 0.4) is 0 Å². The molecule has 2 atom stereocenters. The molecule has 3 N–H and O–H groups in total. The molecule has 2 aromatic rings. The van der Waals surface area contributed by atoms with Gasteiger partial charge in [-0.1, -0.05) is 30.1 Å². The Morgan fingerprint density at radius 2 is 2.00 bits per heavy atom. The van der Waals surface area contributed by atoms with E-state index in [2.05, 4.69) is 10.5 Å². The molecule has 0 aliphatic heterocycles. The van der Waals surface area contributed by atoms with Crippen LogP contribution in [-0.2, 0) is 17.8 Å². The molecule has 2 unspecified atom stereocenters. The first-order chi connectivity index (χ1) is 13.1. The summed E-state index contributed by atoms with van der Waals surface area (Å²) >= 11 is 0. The molecule has 1 fully saturated rings. The highest BCUT2D eigenvalue weighted by Gasteiger charge is 2.25. The van der Waals surface area contributed by atoms with E-state index in [-0.39, 0.29) is 11.9 Å². The lowest BCUT2D eigenvalue weighted by Crippen LogP contribution is -2.45. The van der Waals surface area contributed by atoms with E-state index in [0.717, 1.165) is 41.2 Å². The van der Waals surface area contributed by atoms with Gasteiger partial charge < -0.3 is 20.3 Å². The zero-order valence-electron chi connectivity index (χ0n) is 16.2. The monoisotopic (exact) mass is 371 g/mol. The maximum atomic E-state index is 12.4. The number of hydrogen-bond donors (Lipinski definition) is 2. The summed E-state index contributed by atoms with van der Waals surface area (Å²) in [4.78, 5) is 12.4. The van der Waals surface area contributed by atoms with E-state index in [0.29, 0.717) is 25.5 Å². The molecule has 1 heterocycles. The summed E-state index contributed by atoms with van der Waals surface area (Å²) in [7, 11) is 0. The minimum atomic E-state index is 0.0599. The Labute approximate surface area is 160 Å². The quantitative estimate of drug-likeness (QED) is 0.781. The lowest BCUT2D eigenvalue weighted by atomic mass is 9.84. The molecule has 0 saturated heterocycles. The molecule has 146 valence electrons. The highest BCUT2D eigenvalue weighted by Crippen LogP contribution is 2.24. The van der Waals surface area contributed by atoms with Gasteiger partial charge in [-0.2, -0.15) is 0 Å². The number of aromatic nitrogens is 1. The Morgan fingerprint density at radius 3 is 2.67 bits per heavy atom. The van der Waals surface area contributed by atoms with Crippen LogP contribution in [0.1, 0.15) is 48.3 Å². The Hall–Kier alpha value is -2.34. The zero-order valence-corrected chi connectivity index (χ0v) is 16.2. The van der Waals surface area contributed by atoms with Crippen molar-refractivity contribution in [3.05, 3.63) is 46.8 Å². The molecule has 6 heteroatoms. The summed E-state index contributed by atoms with van der Waals surface area (Å²) < 4.78 is 10.9. The van der Waals surface area contributed by atoms with Gasteiger partial charge in [0.1, 0.15) is 18.1 Å². The third-order valence-corrected chi connectivity index (χ3v) is 5.41. The molecule has 1 saturated carbocycles. The fourth-order valence-corrected chi connectivity index (χ4v) is 3.69. The Balaban J connectivity index is 1.50. The van der Waals surface area contributed by atoms with Gasteiger partial charge in [-0.15, -0.1) is 0 Å². The maximum Gasteiger partial charge on any atom is 0.224 e. The molecule has 1 aromatic carbocycles. The van der Waals surface area contributed by atoms with Crippen LogP contribution >= 0.6 is 0 Å². The van der Waals surface area contributed by atoms with Crippen LogP contribution in [0.5, 0.6) is 5.75 Å². The van der Waals surface area contributed by atoms with E-state index in [9.17, 15) is 4.79 Å². The lowest BCUT2D eigenvalue weighted by Gasteiger charge is -2.31. The Bertz CT molecular complexity index is 735. The summed E-state index contributed by atoms with van der Waals surface area (Å²) in [5.74, 6) is 2.00. The second kappa shape index (κ2) is 9.04. The normalized spacial score (nSPS) is 19.7. The highest BCUT2D eigenvalue weighted by atomic mass is 16.5. The number of nitrogens with two attached hydrogens (primary N) is 1. The van der Waals surface area contributed by atoms with E-state index in [1.54, 1.807) is 0 Å². The van der Waals surface area contributed by atoms with Crippen LogP contribution in [-0.4, -0.2) is 23.7 Å². The number of rotatable bonds is 7. The van der Waals surface area contributed by atoms with Gasteiger partial charge in [-0.05, 0) is 56.8 Å². The molecule has 1 aromatic heterocycles. The van der Waals surface area contributed by atoms with E-state index in [1.807, 2.05) is 38.1 Å². The van der Waals surface area contributed by atoms with Gasteiger partial charge >= 0.3 is 0 Å². The summed E-state index contributed by atoms with van der Waals surface area (Å²) in [6, 6.07) is 7.87. The van der Waals surface area contributed by atoms with Crippen LogP contribution in [0, 0.1) is 19.8 Å².